The molecule has 0 saturated carbocycles. The van der Waals surface area contributed by atoms with E-state index in [-0.39, 0.29) is 11.8 Å². The standard InChI is InChI=1S/C28H28N4O4/c1-17(2)22-16-20(11-12-23(22)36-3)32-25(27(29)34)21-13-15-31(28(35)26(21)32)19-9-7-18(8-10-19)30-14-5-4-6-24(30)33/h7-12,16H,1,4-6,13-15H2,2-3H3,(H-,29,34)/p+1. The summed E-state index contributed by atoms with van der Waals surface area (Å²) in [6.45, 7) is 7.04. The second-order valence-corrected chi connectivity index (χ2v) is 9.27. The minimum Gasteiger partial charge on any atom is -0.496 e. The van der Waals surface area contributed by atoms with E-state index in [1.54, 1.807) is 33.6 Å². The molecule has 3 amide bonds. The van der Waals surface area contributed by atoms with Crippen LogP contribution in [0.2, 0.25) is 0 Å². The van der Waals surface area contributed by atoms with Gasteiger partial charge in [-0.3, -0.25) is 14.4 Å². The maximum Gasteiger partial charge on any atom is 0.324 e. The lowest BCUT2D eigenvalue weighted by atomic mass is 9.90. The molecule has 3 heterocycles. The van der Waals surface area contributed by atoms with E-state index in [2.05, 4.69) is 6.58 Å². The lowest BCUT2D eigenvalue weighted by Gasteiger charge is -2.32. The summed E-state index contributed by atoms with van der Waals surface area (Å²) >= 11 is 0. The smallest absolute Gasteiger partial charge is 0.324 e. The molecule has 36 heavy (non-hydrogen) atoms. The number of primary amides is 1. The van der Waals surface area contributed by atoms with Gasteiger partial charge < -0.3 is 20.3 Å². The summed E-state index contributed by atoms with van der Waals surface area (Å²) in [6, 6.07) is 13.0. The summed E-state index contributed by atoms with van der Waals surface area (Å²) in [5.74, 6) is 0.0190. The van der Waals surface area contributed by atoms with Crippen LogP contribution in [0, 0.1) is 0 Å². The number of piperidine rings is 2. The van der Waals surface area contributed by atoms with E-state index in [1.807, 2.05) is 37.3 Å². The van der Waals surface area contributed by atoms with Crippen molar-refractivity contribution in [2.45, 2.75) is 32.6 Å². The van der Waals surface area contributed by atoms with E-state index in [1.165, 1.54) is 0 Å². The van der Waals surface area contributed by atoms with Gasteiger partial charge in [0.1, 0.15) is 11.3 Å². The van der Waals surface area contributed by atoms with Gasteiger partial charge in [-0.2, -0.15) is 0 Å². The van der Waals surface area contributed by atoms with Gasteiger partial charge in [0.15, 0.2) is 0 Å². The molecule has 3 aliphatic heterocycles. The molecule has 5 rings (SSSR count). The van der Waals surface area contributed by atoms with Crippen molar-refractivity contribution in [3.63, 3.8) is 0 Å². The van der Waals surface area contributed by atoms with Crippen LogP contribution in [0.5, 0.6) is 5.75 Å². The van der Waals surface area contributed by atoms with E-state index in [4.69, 9.17) is 10.5 Å². The van der Waals surface area contributed by atoms with Crippen molar-refractivity contribution in [3.8, 4) is 5.75 Å². The number of ether oxygens (including phenoxy) is 1. The Labute approximate surface area is 209 Å². The number of fused-ring (bicyclic) bond motifs is 1. The van der Waals surface area contributed by atoms with E-state index in [0.717, 1.165) is 35.4 Å². The highest BCUT2D eigenvalue weighted by atomic mass is 16.5. The Kier molecular flexibility index (Phi) is 5.96. The highest BCUT2D eigenvalue weighted by molar-refractivity contribution is 6.50. The maximum absolute atomic E-state index is 13.7. The molecule has 3 aliphatic rings. The highest BCUT2D eigenvalue weighted by Crippen LogP contribution is 2.38. The van der Waals surface area contributed by atoms with Crippen molar-refractivity contribution < 1.29 is 23.7 Å². The Morgan fingerprint density at radius 3 is 2.31 bits per heavy atom. The molecule has 2 saturated heterocycles. The number of benzene rings is 2. The third-order valence-electron chi connectivity index (χ3n) is 6.98. The number of allylic oxidation sites excluding steroid dienone is 1. The van der Waals surface area contributed by atoms with Gasteiger partial charge in [-0.25, -0.2) is 0 Å². The van der Waals surface area contributed by atoms with Crippen molar-refractivity contribution in [1.82, 2.24) is 0 Å². The monoisotopic (exact) mass is 485 g/mol. The average Bonchev–Trinajstić information content (AvgIpc) is 2.85. The summed E-state index contributed by atoms with van der Waals surface area (Å²) in [5, 5.41) is 0. The minimum absolute atomic E-state index is 0.131. The van der Waals surface area contributed by atoms with E-state index >= 15 is 0 Å². The molecular weight excluding hydrogens is 456 g/mol. The Hall–Kier alpha value is -4.20. The van der Waals surface area contributed by atoms with Crippen LogP contribution in [0.4, 0.5) is 17.1 Å². The molecule has 0 bridgehead atoms. The van der Waals surface area contributed by atoms with E-state index in [0.29, 0.717) is 54.3 Å². The summed E-state index contributed by atoms with van der Waals surface area (Å²) in [5.41, 5.74) is 11.0. The molecule has 184 valence electrons. The van der Waals surface area contributed by atoms with Gasteiger partial charge >= 0.3 is 11.8 Å². The Morgan fingerprint density at radius 1 is 1.00 bits per heavy atom. The second-order valence-electron chi connectivity index (χ2n) is 9.27. The van der Waals surface area contributed by atoms with Crippen molar-refractivity contribution in [2.75, 3.05) is 30.0 Å². The van der Waals surface area contributed by atoms with Gasteiger partial charge in [0.25, 0.3) is 11.4 Å². The van der Waals surface area contributed by atoms with Crippen LogP contribution in [0.3, 0.4) is 0 Å². The predicted octanol–water partition coefficient (Wildman–Crippen LogP) is 3.52. The first kappa shape index (κ1) is 23.5. The SMILES string of the molecule is C=C(C)c1cc([N+]2=C3C(=O)N(c4ccc(N5CCCCC5=O)cc4)CCC3=C2C(N)=O)ccc1OC. The number of anilines is 2. The lowest BCUT2D eigenvalue weighted by Crippen LogP contribution is -2.52. The molecule has 0 radical (unpaired) electrons. The molecule has 0 aliphatic carbocycles. The third-order valence-corrected chi connectivity index (χ3v) is 6.98. The summed E-state index contributed by atoms with van der Waals surface area (Å²) in [7, 11) is 1.58. The summed E-state index contributed by atoms with van der Waals surface area (Å²) in [4.78, 5) is 41.8. The first-order valence-electron chi connectivity index (χ1n) is 12.1. The Bertz CT molecular complexity index is 1370. The van der Waals surface area contributed by atoms with Crippen LogP contribution in [-0.4, -0.2) is 48.2 Å². The number of methoxy groups -OCH3 is 1. The first-order chi connectivity index (χ1) is 17.3. The highest BCUT2D eigenvalue weighted by Gasteiger charge is 2.51. The van der Waals surface area contributed by atoms with Crippen LogP contribution in [-0.2, 0) is 14.4 Å². The van der Waals surface area contributed by atoms with Crippen LogP contribution < -0.4 is 20.3 Å². The molecule has 0 spiro atoms. The van der Waals surface area contributed by atoms with Crippen molar-refractivity contribution in [1.29, 1.82) is 0 Å². The van der Waals surface area contributed by atoms with E-state index < -0.39 is 5.91 Å². The molecule has 2 fully saturated rings. The predicted molar refractivity (Wildman–Crippen MR) is 138 cm³/mol. The number of hydrogen-bond acceptors (Lipinski definition) is 4. The zero-order valence-electron chi connectivity index (χ0n) is 20.5. The Balaban J connectivity index is 1.49. The second kappa shape index (κ2) is 9.11. The molecular formula is C28H29N4O4+. The van der Waals surface area contributed by atoms with Gasteiger partial charge in [-0.15, -0.1) is 4.58 Å². The van der Waals surface area contributed by atoms with Crippen molar-refractivity contribution >= 4 is 46.1 Å². The topological polar surface area (TPSA) is 96.0 Å². The quantitative estimate of drug-likeness (QED) is 0.634. The van der Waals surface area contributed by atoms with Crippen LogP contribution in [0.15, 0.2) is 60.3 Å². The molecule has 0 aromatic heterocycles. The third kappa shape index (κ3) is 3.79. The normalized spacial score (nSPS) is 17.7. The van der Waals surface area contributed by atoms with E-state index in [9.17, 15) is 14.4 Å². The van der Waals surface area contributed by atoms with Gasteiger partial charge in [0.2, 0.25) is 11.6 Å². The van der Waals surface area contributed by atoms with Gasteiger partial charge in [0, 0.05) is 55.0 Å². The van der Waals surface area contributed by atoms with Crippen LogP contribution in [0.1, 0.15) is 38.2 Å². The van der Waals surface area contributed by atoms with Crippen LogP contribution >= 0.6 is 0 Å². The molecule has 0 unspecified atom stereocenters. The Morgan fingerprint density at radius 2 is 1.69 bits per heavy atom. The fourth-order valence-corrected chi connectivity index (χ4v) is 5.18. The molecule has 8 heteroatoms. The number of rotatable bonds is 6. The summed E-state index contributed by atoms with van der Waals surface area (Å²) in [6.07, 6.45) is 3.00. The maximum atomic E-state index is 13.7. The first-order valence-corrected chi connectivity index (χ1v) is 12.1. The van der Waals surface area contributed by atoms with Gasteiger partial charge in [-0.1, -0.05) is 6.58 Å². The molecule has 2 aromatic rings. The fourth-order valence-electron chi connectivity index (χ4n) is 5.18. The number of nitrogens with zero attached hydrogens (tertiary/aromatic N) is 3. The largest absolute Gasteiger partial charge is 0.496 e. The number of carbonyl (C=O) groups excluding carboxylic acids is 3. The molecule has 0 atom stereocenters. The number of hydrogen-bond donors (Lipinski definition) is 1. The fraction of sp³-hybridized carbons (Fsp3) is 0.286. The van der Waals surface area contributed by atoms with Crippen molar-refractivity contribution in [2.24, 2.45) is 5.73 Å². The number of carbonyl (C=O) groups is 3. The van der Waals surface area contributed by atoms with Crippen molar-refractivity contribution in [3.05, 3.63) is 65.9 Å². The lowest BCUT2D eigenvalue weighted by molar-refractivity contribution is -0.392. The zero-order chi connectivity index (χ0) is 25.6. The van der Waals surface area contributed by atoms with Gasteiger partial charge in [-0.05, 0) is 55.7 Å². The minimum atomic E-state index is -0.571. The number of amides is 3. The average molecular weight is 486 g/mol. The molecule has 2 N–H and O–H groups in total. The number of nitrogens with two attached hydrogens (primary N) is 1. The molecule has 8 nitrogen and oxygen atoms in total. The molecule has 2 aromatic carbocycles. The zero-order valence-corrected chi connectivity index (χ0v) is 20.5. The van der Waals surface area contributed by atoms with Gasteiger partial charge in [0.05, 0.1) is 7.11 Å². The summed E-state index contributed by atoms with van der Waals surface area (Å²) < 4.78 is 7.08. The van der Waals surface area contributed by atoms with Crippen LogP contribution in [0.25, 0.3) is 5.57 Å².